The Labute approximate surface area is 77.2 Å². The predicted molar refractivity (Wildman–Crippen MR) is 48.8 cm³/mol. The molecule has 1 saturated heterocycles. The normalized spacial score (nSPS) is 27.8. The maximum absolute atomic E-state index is 12.9. The Morgan fingerprint density at radius 1 is 1.54 bits per heavy atom. The van der Waals surface area contributed by atoms with E-state index in [1.807, 2.05) is 0 Å². The van der Waals surface area contributed by atoms with Crippen molar-refractivity contribution >= 4 is 0 Å². The third kappa shape index (κ3) is 1.56. The summed E-state index contributed by atoms with van der Waals surface area (Å²) in [5.74, 6) is -0.257. The third-order valence-electron chi connectivity index (χ3n) is 2.71. The molecule has 2 rings (SSSR count). The maximum atomic E-state index is 12.9. The number of aromatic nitrogens is 1. The van der Waals surface area contributed by atoms with Crippen molar-refractivity contribution in [2.75, 3.05) is 6.54 Å². The van der Waals surface area contributed by atoms with E-state index < -0.39 is 0 Å². The fourth-order valence-corrected chi connectivity index (χ4v) is 1.85. The van der Waals surface area contributed by atoms with Crippen LogP contribution in [0.15, 0.2) is 18.5 Å². The Morgan fingerprint density at radius 3 is 3.00 bits per heavy atom. The number of nitrogens with zero attached hydrogens (tertiary/aromatic N) is 1. The molecular weight excluding hydrogens is 167 g/mol. The van der Waals surface area contributed by atoms with Crippen molar-refractivity contribution in [2.24, 2.45) is 0 Å². The summed E-state index contributed by atoms with van der Waals surface area (Å²) < 4.78 is 12.9. The van der Waals surface area contributed by atoms with E-state index in [-0.39, 0.29) is 11.4 Å². The molecule has 1 atom stereocenters. The largest absolute Gasteiger partial charge is 0.308 e. The topological polar surface area (TPSA) is 24.9 Å². The van der Waals surface area contributed by atoms with Crippen molar-refractivity contribution in [3.05, 3.63) is 29.8 Å². The van der Waals surface area contributed by atoms with E-state index in [0.717, 1.165) is 24.9 Å². The molecule has 13 heavy (non-hydrogen) atoms. The first-order chi connectivity index (χ1) is 6.21. The highest BCUT2D eigenvalue weighted by atomic mass is 19.1. The van der Waals surface area contributed by atoms with Gasteiger partial charge in [-0.2, -0.15) is 0 Å². The lowest BCUT2D eigenvalue weighted by molar-refractivity contribution is 0.429. The van der Waals surface area contributed by atoms with Gasteiger partial charge < -0.3 is 5.32 Å². The van der Waals surface area contributed by atoms with Crippen LogP contribution < -0.4 is 5.32 Å². The lowest BCUT2D eigenvalue weighted by atomic mass is 9.92. The SMILES string of the molecule is CC1(c2cncc(F)c2)CCCN1. The van der Waals surface area contributed by atoms with Crippen LogP contribution in [0.4, 0.5) is 4.39 Å². The van der Waals surface area contributed by atoms with Gasteiger partial charge in [-0.1, -0.05) is 0 Å². The number of halogens is 1. The molecule has 0 radical (unpaired) electrons. The van der Waals surface area contributed by atoms with Gasteiger partial charge in [-0.25, -0.2) is 4.39 Å². The van der Waals surface area contributed by atoms with Gasteiger partial charge in [0, 0.05) is 11.7 Å². The highest BCUT2D eigenvalue weighted by Gasteiger charge is 2.30. The molecule has 1 aromatic heterocycles. The quantitative estimate of drug-likeness (QED) is 0.713. The molecule has 0 aromatic carbocycles. The van der Waals surface area contributed by atoms with Crippen LogP contribution in [0.3, 0.4) is 0 Å². The summed E-state index contributed by atoms with van der Waals surface area (Å²) in [7, 11) is 0. The van der Waals surface area contributed by atoms with Gasteiger partial charge in [0.05, 0.1) is 6.20 Å². The molecular formula is C10H13FN2. The summed E-state index contributed by atoms with van der Waals surface area (Å²) in [6.45, 7) is 3.10. The molecule has 1 aliphatic heterocycles. The predicted octanol–water partition coefficient (Wildman–Crippen LogP) is 1.82. The van der Waals surface area contributed by atoms with Gasteiger partial charge in [-0.15, -0.1) is 0 Å². The first-order valence-electron chi connectivity index (χ1n) is 4.57. The van der Waals surface area contributed by atoms with Gasteiger partial charge in [0.15, 0.2) is 0 Å². The Kier molecular flexibility index (Phi) is 2.04. The van der Waals surface area contributed by atoms with E-state index in [9.17, 15) is 4.39 Å². The second-order valence-corrected chi connectivity index (χ2v) is 3.75. The Balaban J connectivity index is 2.33. The molecule has 0 saturated carbocycles. The minimum atomic E-state index is -0.257. The summed E-state index contributed by atoms with van der Waals surface area (Å²) in [5.41, 5.74) is 0.875. The lowest BCUT2D eigenvalue weighted by Crippen LogP contribution is -2.33. The first-order valence-corrected chi connectivity index (χ1v) is 4.57. The highest BCUT2D eigenvalue weighted by Crippen LogP contribution is 2.29. The fraction of sp³-hybridized carbons (Fsp3) is 0.500. The smallest absolute Gasteiger partial charge is 0.141 e. The summed E-state index contributed by atoms with van der Waals surface area (Å²) in [4.78, 5) is 3.86. The zero-order valence-electron chi connectivity index (χ0n) is 7.68. The standard InChI is InChI=1S/C10H13FN2/c1-10(3-2-4-13-10)8-5-9(11)7-12-6-8/h5-7,13H,2-4H2,1H3. The van der Waals surface area contributed by atoms with E-state index in [1.54, 1.807) is 12.3 Å². The Hall–Kier alpha value is -0.960. The summed E-state index contributed by atoms with van der Waals surface area (Å²) in [6.07, 6.45) is 5.17. The van der Waals surface area contributed by atoms with E-state index in [4.69, 9.17) is 0 Å². The minimum absolute atomic E-state index is 0.0743. The number of rotatable bonds is 1. The van der Waals surface area contributed by atoms with Crippen molar-refractivity contribution < 1.29 is 4.39 Å². The molecule has 0 amide bonds. The van der Waals surface area contributed by atoms with Crippen molar-refractivity contribution in [2.45, 2.75) is 25.3 Å². The minimum Gasteiger partial charge on any atom is -0.308 e. The molecule has 3 heteroatoms. The van der Waals surface area contributed by atoms with Crippen LogP contribution in [-0.4, -0.2) is 11.5 Å². The lowest BCUT2D eigenvalue weighted by Gasteiger charge is -2.24. The summed E-state index contributed by atoms with van der Waals surface area (Å²) in [6, 6.07) is 1.56. The van der Waals surface area contributed by atoms with Gasteiger partial charge in [0.2, 0.25) is 0 Å². The zero-order chi connectivity index (χ0) is 9.31. The maximum Gasteiger partial charge on any atom is 0.141 e. The highest BCUT2D eigenvalue weighted by molar-refractivity contribution is 5.21. The number of nitrogens with one attached hydrogen (secondary N) is 1. The molecule has 70 valence electrons. The second-order valence-electron chi connectivity index (χ2n) is 3.75. The van der Waals surface area contributed by atoms with Crippen LogP contribution in [-0.2, 0) is 5.54 Å². The van der Waals surface area contributed by atoms with E-state index in [0.29, 0.717) is 0 Å². The van der Waals surface area contributed by atoms with Crippen LogP contribution in [0.2, 0.25) is 0 Å². The van der Waals surface area contributed by atoms with Gasteiger partial charge in [-0.3, -0.25) is 4.98 Å². The molecule has 0 spiro atoms. The van der Waals surface area contributed by atoms with Crippen LogP contribution in [0, 0.1) is 5.82 Å². The average molecular weight is 180 g/mol. The molecule has 2 nitrogen and oxygen atoms in total. The Bertz CT molecular complexity index is 306. The van der Waals surface area contributed by atoms with E-state index >= 15 is 0 Å². The molecule has 1 unspecified atom stereocenters. The first kappa shape index (κ1) is 8.63. The molecule has 2 heterocycles. The van der Waals surface area contributed by atoms with Gasteiger partial charge in [0.25, 0.3) is 0 Å². The summed E-state index contributed by atoms with van der Waals surface area (Å²) in [5, 5.41) is 3.37. The van der Waals surface area contributed by atoms with Gasteiger partial charge in [0.1, 0.15) is 5.82 Å². The molecule has 1 fully saturated rings. The molecule has 0 aliphatic carbocycles. The number of pyridine rings is 1. The second kappa shape index (κ2) is 3.07. The fourth-order valence-electron chi connectivity index (χ4n) is 1.85. The van der Waals surface area contributed by atoms with Gasteiger partial charge >= 0.3 is 0 Å². The molecule has 1 N–H and O–H groups in total. The third-order valence-corrected chi connectivity index (χ3v) is 2.71. The number of hydrogen-bond donors (Lipinski definition) is 1. The van der Waals surface area contributed by atoms with E-state index in [2.05, 4.69) is 17.2 Å². The van der Waals surface area contributed by atoms with Crippen molar-refractivity contribution in [1.82, 2.24) is 10.3 Å². The van der Waals surface area contributed by atoms with Crippen LogP contribution in [0.25, 0.3) is 0 Å². The van der Waals surface area contributed by atoms with Crippen LogP contribution in [0.5, 0.6) is 0 Å². The van der Waals surface area contributed by atoms with Gasteiger partial charge in [-0.05, 0) is 37.9 Å². The summed E-state index contributed by atoms with van der Waals surface area (Å²) >= 11 is 0. The average Bonchev–Trinajstić information content (AvgIpc) is 2.54. The van der Waals surface area contributed by atoms with Crippen LogP contribution in [0.1, 0.15) is 25.3 Å². The van der Waals surface area contributed by atoms with Crippen LogP contribution >= 0.6 is 0 Å². The van der Waals surface area contributed by atoms with Crippen molar-refractivity contribution in [1.29, 1.82) is 0 Å². The van der Waals surface area contributed by atoms with E-state index in [1.165, 1.54) is 6.20 Å². The molecule has 1 aliphatic rings. The van der Waals surface area contributed by atoms with Crippen molar-refractivity contribution in [3.63, 3.8) is 0 Å². The molecule has 1 aromatic rings. The zero-order valence-corrected chi connectivity index (χ0v) is 7.68. The monoisotopic (exact) mass is 180 g/mol. The molecule has 0 bridgehead atoms. The number of hydrogen-bond acceptors (Lipinski definition) is 2. The van der Waals surface area contributed by atoms with Crippen molar-refractivity contribution in [3.8, 4) is 0 Å². The Morgan fingerprint density at radius 2 is 2.38 bits per heavy atom.